The number of nitrogens with zero attached hydrogens (tertiary/aromatic N) is 2. The average molecular weight is 269 g/mol. The summed E-state index contributed by atoms with van der Waals surface area (Å²) in [7, 11) is 0. The monoisotopic (exact) mass is 269 g/mol. The first-order valence-electron chi connectivity index (χ1n) is 6.07. The number of amidine groups is 1. The molecule has 94 valence electrons. The molecule has 0 aliphatic carbocycles. The van der Waals surface area contributed by atoms with E-state index < -0.39 is 0 Å². The Morgan fingerprint density at radius 3 is 2.94 bits per heavy atom. The van der Waals surface area contributed by atoms with E-state index in [0.29, 0.717) is 18.0 Å². The number of rotatable bonds is 3. The number of aromatic nitrogens is 1. The molecule has 0 bridgehead atoms. The van der Waals surface area contributed by atoms with E-state index in [9.17, 15) is 0 Å². The maximum atomic E-state index is 4.71. The highest BCUT2D eigenvalue weighted by molar-refractivity contribution is 8.13. The summed E-state index contributed by atoms with van der Waals surface area (Å²) >= 11 is 3.54. The zero-order chi connectivity index (χ0) is 12.3. The summed E-state index contributed by atoms with van der Waals surface area (Å²) in [5.41, 5.74) is 0. The lowest BCUT2D eigenvalue weighted by Crippen LogP contribution is -2.32. The molecule has 3 nitrogen and oxygen atoms in total. The van der Waals surface area contributed by atoms with Crippen molar-refractivity contribution in [2.75, 3.05) is 5.75 Å². The molecule has 0 saturated carbocycles. The van der Waals surface area contributed by atoms with E-state index in [1.165, 1.54) is 0 Å². The molecule has 3 unspecified atom stereocenters. The van der Waals surface area contributed by atoms with Crippen molar-refractivity contribution >= 4 is 28.3 Å². The SMILES string of the molecule is CCC(NC1=NC(C)C(C)CS1)c1nccs1. The standard InChI is InChI=1S/C12H19N3S2/c1-4-10(11-13-5-6-16-11)15-12-14-9(3)8(2)7-17-12/h5-6,8-10H,4,7H2,1-3H3,(H,14,15). The van der Waals surface area contributed by atoms with Crippen LogP contribution in [-0.4, -0.2) is 21.9 Å². The molecular weight excluding hydrogens is 250 g/mol. The molecule has 0 radical (unpaired) electrons. The zero-order valence-electron chi connectivity index (χ0n) is 10.5. The lowest BCUT2D eigenvalue weighted by atomic mass is 10.1. The van der Waals surface area contributed by atoms with Crippen LogP contribution >= 0.6 is 23.1 Å². The molecule has 1 aliphatic heterocycles. The van der Waals surface area contributed by atoms with Gasteiger partial charge in [-0.1, -0.05) is 25.6 Å². The van der Waals surface area contributed by atoms with Gasteiger partial charge in [0.2, 0.25) is 0 Å². The van der Waals surface area contributed by atoms with Crippen molar-refractivity contribution in [2.45, 2.75) is 39.3 Å². The predicted molar refractivity (Wildman–Crippen MR) is 76.8 cm³/mol. The van der Waals surface area contributed by atoms with Crippen molar-refractivity contribution in [3.63, 3.8) is 0 Å². The number of thioether (sulfide) groups is 1. The summed E-state index contributed by atoms with van der Waals surface area (Å²) in [6.45, 7) is 6.63. The predicted octanol–water partition coefficient (Wildman–Crippen LogP) is 3.31. The molecule has 3 atom stereocenters. The Morgan fingerprint density at radius 2 is 2.35 bits per heavy atom. The minimum Gasteiger partial charge on any atom is -0.356 e. The van der Waals surface area contributed by atoms with Gasteiger partial charge in [0.15, 0.2) is 5.17 Å². The number of thiazole rings is 1. The third-order valence-corrected chi connectivity index (χ3v) is 5.16. The first-order valence-corrected chi connectivity index (χ1v) is 7.93. The molecule has 0 aromatic carbocycles. The molecule has 0 amide bonds. The van der Waals surface area contributed by atoms with Gasteiger partial charge in [0.1, 0.15) is 5.01 Å². The summed E-state index contributed by atoms with van der Waals surface area (Å²) in [4.78, 5) is 9.08. The Labute approximate surface area is 111 Å². The van der Waals surface area contributed by atoms with Crippen LogP contribution in [0.3, 0.4) is 0 Å². The molecule has 17 heavy (non-hydrogen) atoms. The van der Waals surface area contributed by atoms with Crippen LogP contribution in [-0.2, 0) is 0 Å². The number of aliphatic imine (C=N–C) groups is 1. The van der Waals surface area contributed by atoms with Gasteiger partial charge in [0.25, 0.3) is 0 Å². The van der Waals surface area contributed by atoms with Gasteiger partial charge in [-0.15, -0.1) is 11.3 Å². The van der Waals surface area contributed by atoms with Crippen LogP contribution in [0.2, 0.25) is 0 Å². The van der Waals surface area contributed by atoms with Crippen molar-refractivity contribution in [3.8, 4) is 0 Å². The third kappa shape index (κ3) is 3.22. The van der Waals surface area contributed by atoms with Gasteiger partial charge in [-0.3, -0.25) is 4.99 Å². The Kier molecular flexibility index (Phi) is 4.45. The Hall–Kier alpha value is -0.550. The van der Waals surface area contributed by atoms with Crippen molar-refractivity contribution in [2.24, 2.45) is 10.9 Å². The van der Waals surface area contributed by atoms with Gasteiger partial charge < -0.3 is 5.32 Å². The minimum absolute atomic E-state index is 0.307. The van der Waals surface area contributed by atoms with E-state index in [1.807, 2.05) is 23.3 Å². The lowest BCUT2D eigenvalue weighted by molar-refractivity contribution is 0.529. The van der Waals surface area contributed by atoms with Crippen LogP contribution in [0.1, 0.15) is 38.2 Å². The molecule has 2 rings (SSSR count). The second-order valence-corrected chi connectivity index (χ2v) is 6.37. The maximum Gasteiger partial charge on any atom is 0.157 e. The van der Waals surface area contributed by atoms with Gasteiger partial charge in [0.05, 0.1) is 12.1 Å². The largest absolute Gasteiger partial charge is 0.356 e. The minimum atomic E-state index is 0.307. The van der Waals surface area contributed by atoms with Crippen LogP contribution in [0.5, 0.6) is 0 Å². The fraction of sp³-hybridized carbons (Fsp3) is 0.667. The molecule has 1 aromatic heterocycles. The highest BCUT2D eigenvalue weighted by Gasteiger charge is 2.21. The second kappa shape index (κ2) is 5.87. The van der Waals surface area contributed by atoms with Crippen LogP contribution in [0.4, 0.5) is 0 Å². The summed E-state index contributed by atoms with van der Waals surface area (Å²) < 4.78 is 0. The van der Waals surface area contributed by atoms with E-state index in [4.69, 9.17) is 4.99 Å². The van der Waals surface area contributed by atoms with Gasteiger partial charge >= 0.3 is 0 Å². The van der Waals surface area contributed by atoms with E-state index >= 15 is 0 Å². The van der Waals surface area contributed by atoms with Crippen LogP contribution in [0.25, 0.3) is 0 Å². The fourth-order valence-electron chi connectivity index (χ4n) is 1.67. The summed E-state index contributed by atoms with van der Waals surface area (Å²) in [6, 6.07) is 0.731. The molecule has 1 N–H and O–H groups in total. The van der Waals surface area contributed by atoms with Gasteiger partial charge in [-0.25, -0.2) is 4.98 Å². The van der Waals surface area contributed by atoms with Gasteiger partial charge in [0, 0.05) is 17.3 Å². The van der Waals surface area contributed by atoms with Gasteiger partial charge in [-0.05, 0) is 19.3 Å². The molecule has 1 aliphatic rings. The summed E-state index contributed by atoms with van der Waals surface area (Å²) in [6.07, 6.45) is 2.90. The second-order valence-electron chi connectivity index (χ2n) is 4.44. The topological polar surface area (TPSA) is 37.3 Å². The van der Waals surface area contributed by atoms with Crippen molar-refractivity contribution in [3.05, 3.63) is 16.6 Å². The maximum absolute atomic E-state index is 4.71. The van der Waals surface area contributed by atoms with Crippen molar-refractivity contribution < 1.29 is 0 Å². The highest BCUT2D eigenvalue weighted by Crippen LogP contribution is 2.25. The quantitative estimate of drug-likeness (QED) is 0.914. The zero-order valence-corrected chi connectivity index (χ0v) is 12.1. The summed E-state index contributed by atoms with van der Waals surface area (Å²) in [5.74, 6) is 1.83. The number of hydrogen-bond acceptors (Lipinski definition) is 5. The molecule has 5 heteroatoms. The smallest absolute Gasteiger partial charge is 0.157 e. The number of hydrogen-bond donors (Lipinski definition) is 1. The van der Waals surface area contributed by atoms with Crippen molar-refractivity contribution in [1.82, 2.24) is 10.3 Å². The first kappa shape index (κ1) is 12.9. The van der Waals surface area contributed by atoms with Crippen LogP contribution in [0.15, 0.2) is 16.6 Å². The van der Waals surface area contributed by atoms with Crippen molar-refractivity contribution in [1.29, 1.82) is 0 Å². The normalized spacial score (nSPS) is 26.4. The van der Waals surface area contributed by atoms with E-state index in [0.717, 1.165) is 22.3 Å². The molecule has 2 heterocycles. The molecule has 0 fully saturated rings. The Bertz CT molecular complexity index is 375. The van der Waals surface area contributed by atoms with Crippen LogP contribution < -0.4 is 5.32 Å². The third-order valence-electron chi connectivity index (χ3n) is 3.08. The first-order chi connectivity index (χ1) is 8.20. The molecular formula is C12H19N3S2. The summed E-state index contributed by atoms with van der Waals surface area (Å²) in [5, 5.41) is 7.78. The fourth-order valence-corrected chi connectivity index (χ4v) is 3.61. The molecule has 0 saturated heterocycles. The van der Waals surface area contributed by atoms with E-state index in [-0.39, 0.29) is 0 Å². The van der Waals surface area contributed by atoms with E-state index in [2.05, 4.69) is 31.1 Å². The van der Waals surface area contributed by atoms with Gasteiger partial charge in [-0.2, -0.15) is 0 Å². The molecule has 0 spiro atoms. The average Bonchev–Trinajstić information content (AvgIpc) is 2.84. The lowest BCUT2D eigenvalue weighted by Gasteiger charge is -2.26. The number of nitrogens with one attached hydrogen (secondary N) is 1. The Morgan fingerprint density at radius 1 is 1.53 bits per heavy atom. The Balaban J connectivity index is 2.02. The van der Waals surface area contributed by atoms with E-state index in [1.54, 1.807) is 11.3 Å². The highest BCUT2D eigenvalue weighted by atomic mass is 32.2. The van der Waals surface area contributed by atoms with Crippen LogP contribution in [0, 0.1) is 5.92 Å². The molecule has 1 aromatic rings.